The van der Waals surface area contributed by atoms with Gasteiger partial charge in [0.25, 0.3) is 0 Å². The van der Waals surface area contributed by atoms with Crippen molar-refractivity contribution in [3.05, 3.63) is 59.7 Å². The van der Waals surface area contributed by atoms with Crippen LogP contribution in [0.25, 0.3) is 0 Å². The summed E-state index contributed by atoms with van der Waals surface area (Å²) in [6, 6.07) is 14.6. The minimum Gasteiger partial charge on any atom is -0.497 e. The first kappa shape index (κ1) is 24.3. The van der Waals surface area contributed by atoms with Gasteiger partial charge in [-0.15, -0.1) is 0 Å². The van der Waals surface area contributed by atoms with Crippen LogP contribution in [-0.4, -0.2) is 73.9 Å². The van der Waals surface area contributed by atoms with E-state index < -0.39 is 0 Å². The minimum absolute atomic E-state index is 0.0349. The van der Waals surface area contributed by atoms with Crippen molar-refractivity contribution in [1.29, 1.82) is 0 Å². The Hall–Kier alpha value is -3.39. The zero-order valence-corrected chi connectivity index (χ0v) is 19.5. The molecular formula is C25H32N4O4. The number of piperazine rings is 1. The lowest BCUT2D eigenvalue weighted by atomic mass is 10.1. The van der Waals surface area contributed by atoms with Gasteiger partial charge < -0.3 is 19.9 Å². The first-order valence-electron chi connectivity index (χ1n) is 11.2. The molecule has 2 aromatic carbocycles. The smallest absolute Gasteiger partial charge is 0.324 e. The number of anilines is 1. The molecule has 0 saturated carbocycles. The number of Topliss-reactive ketones (excluding diaryl/α,β-unsaturated/α-hetero) is 1. The van der Waals surface area contributed by atoms with Gasteiger partial charge in [0, 0.05) is 50.4 Å². The quantitative estimate of drug-likeness (QED) is 0.623. The fourth-order valence-electron chi connectivity index (χ4n) is 3.76. The molecule has 0 atom stereocenters. The van der Waals surface area contributed by atoms with Crippen LogP contribution in [0.15, 0.2) is 48.5 Å². The second-order valence-corrected chi connectivity index (χ2v) is 8.02. The number of nitrogens with one attached hydrogen (secondary N) is 1. The number of ether oxygens (including phenoxy) is 1. The Kier molecular flexibility index (Phi) is 8.43. The molecule has 1 saturated heterocycles. The summed E-state index contributed by atoms with van der Waals surface area (Å²) in [5, 5.41) is 2.52. The molecule has 1 N–H and O–H groups in total. The molecule has 8 nitrogen and oxygen atoms in total. The fourth-order valence-corrected chi connectivity index (χ4v) is 3.76. The third kappa shape index (κ3) is 6.55. The Labute approximate surface area is 195 Å². The number of amides is 3. The van der Waals surface area contributed by atoms with E-state index in [1.54, 1.807) is 24.1 Å². The average Bonchev–Trinajstić information content (AvgIpc) is 2.85. The van der Waals surface area contributed by atoms with Crippen molar-refractivity contribution in [1.82, 2.24) is 15.1 Å². The fraction of sp³-hybridized carbons (Fsp3) is 0.400. The molecule has 3 rings (SSSR count). The average molecular weight is 453 g/mol. The minimum atomic E-state index is -0.243. The van der Waals surface area contributed by atoms with Crippen LogP contribution in [-0.2, 0) is 11.3 Å². The normalized spacial score (nSPS) is 14.0. The predicted molar refractivity (Wildman–Crippen MR) is 128 cm³/mol. The maximum atomic E-state index is 13.5. The molecular weight excluding hydrogens is 420 g/mol. The van der Waals surface area contributed by atoms with Crippen molar-refractivity contribution in [3.8, 4) is 5.75 Å². The lowest BCUT2D eigenvalue weighted by Crippen LogP contribution is -2.52. The van der Waals surface area contributed by atoms with Crippen LogP contribution in [0.4, 0.5) is 10.5 Å². The topological polar surface area (TPSA) is 82.2 Å². The van der Waals surface area contributed by atoms with Crippen LogP contribution in [0.5, 0.6) is 5.75 Å². The van der Waals surface area contributed by atoms with Gasteiger partial charge in [-0.3, -0.25) is 14.5 Å². The van der Waals surface area contributed by atoms with E-state index in [-0.39, 0.29) is 24.3 Å². The van der Waals surface area contributed by atoms with Crippen molar-refractivity contribution in [3.63, 3.8) is 0 Å². The summed E-state index contributed by atoms with van der Waals surface area (Å²) in [5.41, 5.74) is 2.17. The molecule has 0 aromatic heterocycles. The summed E-state index contributed by atoms with van der Waals surface area (Å²) in [7, 11) is 1.60. The first-order valence-corrected chi connectivity index (χ1v) is 11.2. The Morgan fingerprint density at radius 2 is 1.73 bits per heavy atom. The van der Waals surface area contributed by atoms with E-state index in [2.05, 4.69) is 17.1 Å². The standard InChI is InChI=1S/C25H32N4O4/c1-4-27-12-14-28(15-13-27)25(32)29(22-6-5-7-23(16-22)33-3)18-20-8-10-21(11-9-20)24(31)17-26-19(2)30/h5-11,16H,4,12-15,17-18H2,1-3H3,(H,26,30). The van der Waals surface area contributed by atoms with Crippen LogP contribution in [0, 0.1) is 0 Å². The number of hydrogen-bond donors (Lipinski definition) is 1. The highest BCUT2D eigenvalue weighted by atomic mass is 16.5. The summed E-state index contributed by atoms with van der Waals surface area (Å²) < 4.78 is 5.37. The largest absolute Gasteiger partial charge is 0.497 e. The van der Waals surface area contributed by atoms with Crippen LogP contribution in [0.2, 0.25) is 0 Å². The van der Waals surface area contributed by atoms with E-state index in [1.807, 2.05) is 41.3 Å². The molecule has 1 heterocycles. The van der Waals surface area contributed by atoms with Gasteiger partial charge in [-0.1, -0.05) is 37.3 Å². The number of benzene rings is 2. The number of carbonyl (C=O) groups excluding carboxylic acids is 3. The number of urea groups is 1. The zero-order valence-electron chi connectivity index (χ0n) is 19.5. The van der Waals surface area contributed by atoms with Gasteiger partial charge in [-0.2, -0.15) is 0 Å². The Morgan fingerprint density at radius 3 is 2.33 bits per heavy atom. The SMILES string of the molecule is CCN1CCN(C(=O)N(Cc2ccc(C(=O)CNC(C)=O)cc2)c2cccc(OC)c2)CC1. The lowest BCUT2D eigenvalue weighted by Gasteiger charge is -2.37. The van der Waals surface area contributed by atoms with Crippen molar-refractivity contribution >= 4 is 23.4 Å². The molecule has 3 amide bonds. The number of likely N-dealkylation sites (N-methyl/N-ethyl adjacent to an activating group) is 1. The number of carbonyl (C=O) groups is 3. The van der Waals surface area contributed by atoms with Gasteiger partial charge in [0.1, 0.15) is 5.75 Å². The highest BCUT2D eigenvalue weighted by molar-refractivity contribution is 5.99. The summed E-state index contributed by atoms with van der Waals surface area (Å²) >= 11 is 0. The number of hydrogen-bond acceptors (Lipinski definition) is 5. The van der Waals surface area contributed by atoms with Crippen molar-refractivity contribution in [2.75, 3.05) is 51.3 Å². The zero-order chi connectivity index (χ0) is 23.8. The molecule has 0 radical (unpaired) electrons. The number of rotatable bonds is 8. The van der Waals surface area contributed by atoms with Gasteiger partial charge in [0.2, 0.25) is 5.91 Å². The van der Waals surface area contributed by atoms with Crippen molar-refractivity contribution in [2.45, 2.75) is 20.4 Å². The summed E-state index contributed by atoms with van der Waals surface area (Å²) in [6.07, 6.45) is 0. The number of methoxy groups -OCH3 is 1. The van der Waals surface area contributed by atoms with Gasteiger partial charge in [-0.05, 0) is 24.2 Å². The molecule has 0 aliphatic carbocycles. The summed E-state index contributed by atoms with van der Waals surface area (Å²) in [4.78, 5) is 42.8. The highest BCUT2D eigenvalue weighted by Gasteiger charge is 2.26. The Bertz CT molecular complexity index is 969. The first-order chi connectivity index (χ1) is 15.9. The van der Waals surface area contributed by atoms with Gasteiger partial charge in [-0.25, -0.2) is 4.79 Å². The predicted octanol–water partition coefficient (Wildman–Crippen LogP) is 2.78. The van der Waals surface area contributed by atoms with Gasteiger partial charge in [0.05, 0.1) is 20.2 Å². The Morgan fingerprint density at radius 1 is 1.03 bits per heavy atom. The van der Waals surface area contributed by atoms with Crippen LogP contribution < -0.4 is 15.0 Å². The van der Waals surface area contributed by atoms with Crippen LogP contribution in [0.1, 0.15) is 29.8 Å². The monoisotopic (exact) mass is 452 g/mol. The number of ketones is 1. The van der Waals surface area contributed by atoms with Gasteiger partial charge in [0.15, 0.2) is 5.78 Å². The summed E-state index contributed by atoms with van der Waals surface area (Å²) in [6.45, 7) is 7.90. The van der Waals surface area contributed by atoms with Crippen LogP contribution >= 0.6 is 0 Å². The third-order valence-corrected chi connectivity index (χ3v) is 5.80. The second kappa shape index (κ2) is 11.5. The molecule has 1 aliphatic rings. The molecule has 0 unspecified atom stereocenters. The van der Waals surface area contributed by atoms with E-state index in [0.29, 0.717) is 30.9 Å². The van der Waals surface area contributed by atoms with Crippen molar-refractivity contribution < 1.29 is 19.1 Å². The van der Waals surface area contributed by atoms with Gasteiger partial charge >= 0.3 is 6.03 Å². The maximum Gasteiger partial charge on any atom is 0.324 e. The van der Waals surface area contributed by atoms with E-state index in [1.165, 1.54) is 6.92 Å². The molecule has 0 bridgehead atoms. The van der Waals surface area contributed by atoms with E-state index >= 15 is 0 Å². The van der Waals surface area contributed by atoms with E-state index in [0.717, 1.165) is 30.9 Å². The summed E-state index contributed by atoms with van der Waals surface area (Å²) in [5.74, 6) is 0.276. The molecule has 1 aliphatic heterocycles. The van der Waals surface area contributed by atoms with Crippen LogP contribution in [0.3, 0.4) is 0 Å². The molecule has 2 aromatic rings. The number of nitrogens with zero attached hydrogens (tertiary/aromatic N) is 3. The van der Waals surface area contributed by atoms with E-state index in [9.17, 15) is 14.4 Å². The maximum absolute atomic E-state index is 13.5. The van der Waals surface area contributed by atoms with E-state index in [4.69, 9.17) is 4.74 Å². The molecule has 33 heavy (non-hydrogen) atoms. The molecule has 8 heteroatoms. The van der Waals surface area contributed by atoms with Crippen molar-refractivity contribution in [2.24, 2.45) is 0 Å². The molecule has 1 fully saturated rings. The third-order valence-electron chi connectivity index (χ3n) is 5.80. The Balaban J connectivity index is 1.79. The highest BCUT2D eigenvalue weighted by Crippen LogP contribution is 2.25. The lowest BCUT2D eigenvalue weighted by molar-refractivity contribution is -0.118. The molecule has 176 valence electrons. The molecule has 0 spiro atoms. The second-order valence-electron chi connectivity index (χ2n) is 8.02.